The fourth-order valence-corrected chi connectivity index (χ4v) is 2.14. The lowest BCUT2D eigenvalue weighted by Gasteiger charge is -2.10. The third-order valence-corrected chi connectivity index (χ3v) is 3.12. The fourth-order valence-electron chi connectivity index (χ4n) is 2.14. The van der Waals surface area contributed by atoms with Crippen LogP contribution in [0, 0.1) is 0 Å². The molecule has 0 saturated carbocycles. The summed E-state index contributed by atoms with van der Waals surface area (Å²) in [5, 5.41) is 0. The molecule has 0 atom stereocenters. The number of carbonyl (C=O) groups is 1. The summed E-state index contributed by atoms with van der Waals surface area (Å²) in [6, 6.07) is 6.52. The van der Waals surface area contributed by atoms with Crippen LogP contribution in [-0.4, -0.2) is 27.2 Å². The van der Waals surface area contributed by atoms with Crippen molar-refractivity contribution in [3.63, 3.8) is 0 Å². The van der Waals surface area contributed by atoms with E-state index in [2.05, 4.69) is 19.7 Å². The molecule has 0 radical (unpaired) electrons. The van der Waals surface area contributed by atoms with E-state index < -0.39 is 12.3 Å². The third-order valence-electron chi connectivity index (χ3n) is 3.12. The van der Waals surface area contributed by atoms with E-state index in [0.29, 0.717) is 22.3 Å². The number of aromatic nitrogens is 3. The Morgan fingerprint density at radius 2 is 1.88 bits per heavy atom. The molecule has 0 fully saturated rings. The lowest BCUT2D eigenvalue weighted by molar-refractivity contribution is -0.274. The molecule has 0 spiro atoms. The number of carbonyl (C=O) groups excluding carboxylic acids is 1. The van der Waals surface area contributed by atoms with Gasteiger partial charge in [-0.1, -0.05) is 0 Å². The molecule has 0 aliphatic rings. The van der Waals surface area contributed by atoms with Crippen molar-refractivity contribution in [1.29, 1.82) is 0 Å². The molecule has 0 aliphatic heterocycles. The maximum atomic E-state index is 12.2. The van der Waals surface area contributed by atoms with Gasteiger partial charge in [-0.15, -0.1) is 13.2 Å². The van der Waals surface area contributed by atoms with E-state index >= 15 is 0 Å². The molecule has 0 unspecified atom stereocenters. The molecule has 2 aromatic heterocycles. The van der Waals surface area contributed by atoms with Crippen LogP contribution in [0.5, 0.6) is 5.75 Å². The normalized spacial score (nSPS) is 11.5. The summed E-state index contributed by atoms with van der Waals surface area (Å²) < 4.78 is 40.4. The first kappa shape index (κ1) is 15.7. The van der Waals surface area contributed by atoms with Crippen LogP contribution in [0.15, 0.2) is 42.9 Å². The fraction of sp³-hybridized carbons (Fsp3) is 0.0667. The minimum atomic E-state index is -4.76. The first-order chi connectivity index (χ1) is 11.3. The SMILES string of the molecule is NC(=O)c1cc(-c2ccc(OC(F)(F)F)cc2)nc2cncnc12. The first-order valence-corrected chi connectivity index (χ1v) is 6.60. The van der Waals surface area contributed by atoms with E-state index in [1.54, 1.807) is 0 Å². The Hall–Kier alpha value is -3.23. The number of ether oxygens (including phenoxy) is 1. The summed E-state index contributed by atoms with van der Waals surface area (Å²) in [5.41, 5.74) is 6.98. The van der Waals surface area contributed by atoms with Crippen molar-refractivity contribution in [2.75, 3.05) is 0 Å². The Kier molecular flexibility index (Phi) is 3.76. The highest BCUT2D eigenvalue weighted by Gasteiger charge is 2.31. The summed E-state index contributed by atoms with van der Waals surface area (Å²) in [7, 11) is 0. The van der Waals surface area contributed by atoms with Gasteiger partial charge in [0.1, 0.15) is 23.1 Å². The summed E-state index contributed by atoms with van der Waals surface area (Å²) >= 11 is 0. The van der Waals surface area contributed by atoms with E-state index in [1.165, 1.54) is 30.7 Å². The number of hydrogen-bond donors (Lipinski definition) is 1. The number of alkyl halides is 3. The third kappa shape index (κ3) is 3.24. The average Bonchev–Trinajstić information content (AvgIpc) is 2.53. The Bertz CT molecular complexity index is 911. The van der Waals surface area contributed by atoms with Crippen LogP contribution >= 0.6 is 0 Å². The van der Waals surface area contributed by atoms with Gasteiger partial charge in [0.25, 0.3) is 5.91 Å². The molecule has 122 valence electrons. The van der Waals surface area contributed by atoms with Crippen LogP contribution in [0.1, 0.15) is 10.4 Å². The van der Waals surface area contributed by atoms with Crippen molar-refractivity contribution in [2.24, 2.45) is 5.73 Å². The second-order valence-electron chi connectivity index (χ2n) is 4.75. The molecule has 24 heavy (non-hydrogen) atoms. The number of nitrogens with zero attached hydrogens (tertiary/aromatic N) is 3. The zero-order valence-electron chi connectivity index (χ0n) is 11.9. The summed E-state index contributed by atoms with van der Waals surface area (Å²) in [6.07, 6.45) is -2.09. The van der Waals surface area contributed by atoms with Crippen LogP contribution in [0.3, 0.4) is 0 Å². The number of nitrogens with two attached hydrogens (primary N) is 1. The maximum Gasteiger partial charge on any atom is 0.573 e. The molecule has 1 amide bonds. The molecule has 1 aromatic carbocycles. The number of pyridine rings is 1. The highest BCUT2D eigenvalue weighted by atomic mass is 19.4. The number of fused-ring (bicyclic) bond motifs is 1. The second kappa shape index (κ2) is 5.76. The molecule has 2 N–H and O–H groups in total. The van der Waals surface area contributed by atoms with E-state index in [-0.39, 0.29) is 11.3 Å². The topological polar surface area (TPSA) is 91.0 Å². The van der Waals surface area contributed by atoms with E-state index in [0.717, 1.165) is 12.1 Å². The quantitative estimate of drug-likeness (QED) is 0.795. The second-order valence-corrected chi connectivity index (χ2v) is 4.75. The summed E-state index contributed by atoms with van der Waals surface area (Å²) in [5.74, 6) is -1.05. The van der Waals surface area contributed by atoms with E-state index in [9.17, 15) is 18.0 Å². The van der Waals surface area contributed by atoms with Crippen molar-refractivity contribution >= 4 is 16.9 Å². The number of benzene rings is 1. The molecular weight excluding hydrogens is 325 g/mol. The largest absolute Gasteiger partial charge is 0.573 e. The van der Waals surface area contributed by atoms with Gasteiger partial charge in [-0.2, -0.15) is 0 Å². The van der Waals surface area contributed by atoms with Gasteiger partial charge in [0.15, 0.2) is 0 Å². The number of primary amides is 1. The van der Waals surface area contributed by atoms with Gasteiger partial charge < -0.3 is 10.5 Å². The molecule has 0 bridgehead atoms. The van der Waals surface area contributed by atoms with Crippen molar-refractivity contribution < 1.29 is 22.7 Å². The van der Waals surface area contributed by atoms with Crippen molar-refractivity contribution in [2.45, 2.75) is 6.36 Å². The summed E-state index contributed by atoms with van der Waals surface area (Å²) in [6.45, 7) is 0. The first-order valence-electron chi connectivity index (χ1n) is 6.60. The van der Waals surface area contributed by atoms with Crippen molar-refractivity contribution in [1.82, 2.24) is 15.0 Å². The molecule has 9 heteroatoms. The monoisotopic (exact) mass is 334 g/mol. The standard InChI is InChI=1S/C15H9F3N4O2/c16-15(17,18)24-9-3-1-8(2-4-9)11-5-10(14(19)23)13-12(22-11)6-20-7-21-13/h1-7H,(H2,19,23). The Labute approximate surface area is 133 Å². The summed E-state index contributed by atoms with van der Waals surface area (Å²) in [4.78, 5) is 23.7. The molecule has 0 aliphatic carbocycles. The maximum absolute atomic E-state index is 12.2. The van der Waals surface area contributed by atoms with Crippen LogP contribution < -0.4 is 10.5 Å². The van der Waals surface area contributed by atoms with Crippen LogP contribution in [0.2, 0.25) is 0 Å². The molecule has 0 saturated heterocycles. The molecule has 3 rings (SSSR count). The highest BCUT2D eigenvalue weighted by molar-refractivity contribution is 6.04. The Morgan fingerprint density at radius 3 is 2.50 bits per heavy atom. The highest BCUT2D eigenvalue weighted by Crippen LogP contribution is 2.27. The van der Waals surface area contributed by atoms with Gasteiger partial charge in [0.2, 0.25) is 0 Å². The van der Waals surface area contributed by atoms with Crippen molar-refractivity contribution in [3.05, 3.63) is 48.4 Å². The molecule has 3 aromatic rings. The van der Waals surface area contributed by atoms with Crippen molar-refractivity contribution in [3.8, 4) is 17.0 Å². The predicted octanol–water partition coefficient (Wildman–Crippen LogP) is 2.69. The number of rotatable bonds is 3. The zero-order valence-corrected chi connectivity index (χ0v) is 11.9. The van der Waals surface area contributed by atoms with Crippen LogP contribution in [-0.2, 0) is 0 Å². The van der Waals surface area contributed by atoms with Gasteiger partial charge in [0.05, 0.1) is 17.5 Å². The Morgan fingerprint density at radius 1 is 1.17 bits per heavy atom. The average molecular weight is 334 g/mol. The van der Waals surface area contributed by atoms with Gasteiger partial charge >= 0.3 is 6.36 Å². The van der Waals surface area contributed by atoms with E-state index in [4.69, 9.17) is 5.73 Å². The lowest BCUT2D eigenvalue weighted by Crippen LogP contribution is -2.17. The molecule has 2 heterocycles. The van der Waals surface area contributed by atoms with Gasteiger partial charge in [-0.3, -0.25) is 4.79 Å². The minimum absolute atomic E-state index is 0.146. The number of halogens is 3. The van der Waals surface area contributed by atoms with Gasteiger partial charge in [-0.25, -0.2) is 15.0 Å². The number of hydrogen-bond acceptors (Lipinski definition) is 5. The van der Waals surface area contributed by atoms with Gasteiger partial charge in [0, 0.05) is 5.56 Å². The van der Waals surface area contributed by atoms with Crippen LogP contribution in [0.4, 0.5) is 13.2 Å². The predicted molar refractivity (Wildman–Crippen MR) is 78.0 cm³/mol. The van der Waals surface area contributed by atoms with E-state index in [1.807, 2.05) is 0 Å². The smallest absolute Gasteiger partial charge is 0.406 e. The van der Waals surface area contributed by atoms with Gasteiger partial charge in [-0.05, 0) is 30.3 Å². The zero-order chi connectivity index (χ0) is 17.3. The minimum Gasteiger partial charge on any atom is -0.406 e. The molecular formula is C15H9F3N4O2. The number of amides is 1. The lowest BCUT2D eigenvalue weighted by atomic mass is 10.1. The van der Waals surface area contributed by atoms with Crippen LogP contribution in [0.25, 0.3) is 22.3 Å². The Balaban J connectivity index is 2.05. The molecule has 6 nitrogen and oxygen atoms in total.